The smallest absolute Gasteiger partial charge is 0.327 e. The molecule has 0 aliphatic carbocycles. The lowest BCUT2D eigenvalue weighted by Gasteiger charge is -2.07. The Kier molecular flexibility index (Phi) is 5.11. The predicted octanol–water partition coefficient (Wildman–Crippen LogP) is 0.384. The molecule has 1 aromatic heterocycles. The number of rotatable bonds is 6. The van der Waals surface area contributed by atoms with Gasteiger partial charge < -0.3 is 15.4 Å². The van der Waals surface area contributed by atoms with Crippen LogP contribution in [0.25, 0.3) is 0 Å². The van der Waals surface area contributed by atoms with Gasteiger partial charge in [-0.15, -0.1) is 0 Å². The Morgan fingerprint density at radius 2 is 2.45 bits per heavy atom. The maximum atomic E-state index is 11.8. The number of amides is 1. The van der Waals surface area contributed by atoms with E-state index in [0.29, 0.717) is 18.2 Å². The van der Waals surface area contributed by atoms with Crippen molar-refractivity contribution in [3.63, 3.8) is 0 Å². The highest BCUT2D eigenvalue weighted by atomic mass is 16.5. The van der Waals surface area contributed by atoms with Crippen molar-refractivity contribution < 1.29 is 14.3 Å². The predicted molar refractivity (Wildman–Crippen MR) is 73.1 cm³/mol. The van der Waals surface area contributed by atoms with Crippen molar-refractivity contribution in [1.82, 2.24) is 15.1 Å². The molecule has 0 saturated carbocycles. The van der Waals surface area contributed by atoms with Gasteiger partial charge in [0.05, 0.1) is 7.11 Å². The second-order valence-electron chi connectivity index (χ2n) is 4.92. The Balaban J connectivity index is 1.74. The second kappa shape index (κ2) is 7.04. The zero-order valence-corrected chi connectivity index (χ0v) is 11.6. The van der Waals surface area contributed by atoms with E-state index < -0.39 is 0 Å². The molecule has 7 nitrogen and oxygen atoms in total. The molecule has 0 spiro atoms. The monoisotopic (exact) mass is 280 g/mol. The summed E-state index contributed by atoms with van der Waals surface area (Å²) in [4.78, 5) is 22.9. The minimum atomic E-state index is -0.375. The number of esters is 1. The number of carbonyl (C=O) groups excluding carboxylic acids is 2. The quantitative estimate of drug-likeness (QED) is 0.736. The molecule has 1 aliphatic heterocycles. The van der Waals surface area contributed by atoms with Crippen LogP contribution in [0.2, 0.25) is 0 Å². The van der Waals surface area contributed by atoms with Gasteiger partial charge in [0.2, 0.25) is 5.91 Å². The van der Waals surface area contributed by atoms with Crippen LogP contribution in [0.15, 0.2) is 12.3 Å². The number of aromatic nitrogens is 2. The molecule has 0 radical (unpaired) electrons. The third-order valence-electron chi connectivity index (χ3n) is 3.37. The summed E-state index contributed by atoms with van der Waals surface area (Å²) in [6.45, 7) is 2.09. The van der Waals surface area contributed by atoms with E-state index in [9.17, 15) is 9.59 Å². The Labute approximate surface area is 117 Å². The molecule has 7 heteroatoms. The first-order valence-corrected chi connectivity index (χ1v) is 6.78. The van der Waals surface area contributed by atoms with E-state index in [1.807, 2.05) is 0 Å². The Bertz CT molecular complexity index is 466. The van der Waals surface area contributed by atoms with Crippen LogP contribution in [0.1, 0.15) is 19.3 Å². The van der Waals surface area contributed by atoms with Gasteiger partial charge in [-0.25, -0.2) is 0 Å². The molecule has 1 unspecified atom stereocenters. The lowest BCUT2D eigenvalue weighted by molar-refractivity contribution is -0.141. The van der Waals surface area contributed by atoms with Gasteiger partial charge in [0, 0.05) is 18.7 Å². The maximum absolute atomic E-state index is 11.8. The van der Waals surface area contributed by atoms with Gasteiger partial charge in [-0.3, -0.25) is 14.3 Å². The molecule has 1 aliphatic rings. The number of hydrogen-bond donors (Lipinski definition) is 2. The van der Waals surface area contributed by atoms with Crippen molar-refractivity contribution in [1.29, 1.82) is 0 Å². The molecule has 2 heterocycles. The second-order valence-corrected chi connectivity index (χ2v) is 4.92. The molecule has 2 N–H and O–H groups in total. The average Bonchev–Trinajstić information content (AvgIpc) is 3.08. The van der Waals surface area contributed by atoms with Crippen LogP contribution in [-0.2, 0) is 20.9 Å². The molecule has 110 valence electrons. The molecule has 2 rings (SSSR count). The first kappa shape index (κ1) is 14.5. The van der Waals surface area contributed by atoms with E-state index >= 15 is 0 Å². The fourth-order valence-electron chi connectivity index (χ4n) is 2.21. The van der Waals surface area contributed by atoms with Crippen molar-refractivity contribution in [2.45, 2.75) is 25.8 Å². The number of nitrogens with one attached hydrogen (secondary N) is 2. The number of nitrogens with zero attached hydrogens (tertiary/aromatic N) is 2. The summed E-state index contributed by atoms with van der Waals surface area (Å²) >= 11 is 0. The lowest BCUT2D eigenvalue weighted by atomic mass is 10.0. The molecule has 1 saturated heterocycles. The molecule has 20 heavy (non-hydrogen) atoms. The Morgan fingerprint density at radius 3 is 3.15 bits per heavy atom. The van der Waals surface area contributed by atoms with Crippen molar-refractivity contribution in [3.8, 4) is 0 Å². The third kappa shape index (κ3) is 4.34. The van der Waals surface area contributed by atoms with Crippen molar-refractivity contribution in [3.05, 3.63) is 12.3 Å². The Hall–Kier alpha value is -1.89. The molecule has 0 bridgehead atoms. The van der Waals surface area contributed by atoms with Crippen molar-refractivity contribution in [2.75, 3.05) is 25.5 Å². The van der Waals surface area contributed by atoms with Crippen LogP contribution in [0.5, 0.6) is 0 Å². The zero-order valence-electron chi connectivity index (χ0n) is 11.6. The average molecular weight is 280 g/mol. The van der Waals surface area contributed by atoms with Gasteiger partial charge >= 0.3 is 5.97 Å². The van der Waals surface area contributed by atoms with E-state index in [2.05, 4.69) is 20.5 Å². The number of methoxy groups -OCH3 is 1. The first-order chi connectivity index (χ1) is 9.67. The summed E-state index contributed by atoms with van der Waals surface area (Å²) in [6.07, 6.45) is 4.16. The molecular formula is C13H20N4O3. The highest BCUT2D eigenvalue weighted by Gasteiger charge is 2.16. The van der Waals surface area contributed by atoms with Gasteiger partial charge in [-0.2, -0.15) is 5.10 Å². The van der Waals surface area contributed by atoms with Gasteiger partial charge in [0.1, 0.15) is 6.54 Å². The van der Waals surface area contributed by atoms with E-state index in [0.717, 1.165) is 25.9 Å². The van der Waals surface area contributed by atoms with Crippen LogP contribution in [0.3, 0.4) is 0 Å². The number of carbonyl (C=O) groups is 2. The summed E-state index contributed by atoms with van der Waals surface area (Å²) in [5, 5.41) is 10.1. The van der Waals surface area contributed by atoms with E-state index in [1.54, 1.807) is 12.3 Å². The van der Waals surface area contributed by atoms with Crippen LogP contribution in [0, 0.1) is 5.92 Å². The highest BCUT2D eigenvalue weighted by molar-refractivity contribution is 5.89. The largest absolute Gasteiger partial charge is 0.468 e. The van der Waals surface area contributed by atoms with Crippen molar-refractivity contribution >= 4 is 17.7 Å². The fourth-order valence-corrected chi connectivity index (χ4v) is 2.21. The SMILES string of the molecule is COC(=O)Cn1ccc(NC(=O)CCC2CCNC2)n1. The Morgan fingerprint density at radius 1 is 1.60 bits per heavy atom. The van der Waals surface area contributed by atoms with Gasteiger partial charge in [0.25, 0.3) is 0 Å². The summed E-state index contributed by atoms with van der Waals surface area (Å²) < 4.78 is 5.98. The first-order valence-electron chi connectivity index (χ1n) is 6.78. The lowest BCUT2D eigenvalue weighted by Crippen LogP contribution is -2.16. The van der Waals surface area contributed by atoms with Crippen molar-refractivity contribution in [2.24, 2.45) is 5.92 Å². The van der Waals surface area contributed by atoms with Crippen LogP contribution >= 0.6 is 0 Å². The molecule has 0 aromatic carbocycles. The minimum absolute atomic E-state index is 0.0415. The molecule has 1 atom stereocenters. The molecule has 1 amide bonds. The topological polar surface area (TPSA) is 85.2 Å². The van der Waals surface area contributed by atoms with Gasteiger partial charge in [0.15, 0.2) is 5.82 Å². The fraction of sp³-hybridized carbons (Fsp3) is 0.615. The standard InChI is InChI=1S/C13H20N4O3/c1-20-13(19)9-17-7-5-11(16-17)15-12(18)3-2-10-4-6-14-8-10/h5,7,10,14H,2-4,6,8-9H2,1H3,(H,15,16,18). The number of anilines is 1. The number of hydrogen-bond acceptors (Lipinski definition) is 5. The van der Waals surface area contributed by atoms with Crippen LogP contribution in [-0.4, -0.2) is 41.9 Å². The minimum Gasteiger partial charge on any atom is -0.468 e. The van der Waals surface area contributed by atoms with Crippen LogP contribution < -0.4 is 10.6 Å². The molecule has 1 fully saturated rings. The third-order valence-corrected chi connectivity index (χ3v) is 3.37. The van der Waals surface area contributed by atoms with E-state index in [-0.39, 0.29) is 18.4 Å². The van der Waals surface area contributed by atoms with Crippen LogP contribution in [0.4, 0.5) is 5.82 Å². The van der Waals surface area contributed by atoms with E-state index in [4.69, 9.17) is 0 Å². The highest BCUT2D eigenvalue weighted by Crippen LogP contribution is 2.14. The summed E-state index contributed by atoms with van der Waals surface area (Å²) in [5.74, 6) is 0.640. The van der Waals surface area contributed by atoms with E-state index in [1.165, 1.54) is 11.8 Å². The summed E-state index contributed by atoms with van der Waals surface area (Å²) in [6, 6.07) is 1.66. The zero-order chi connectivity index (χ0) is 14.4. The molecular weight excluding hydrogens is 260 g/mol. The number of ether oxygens (including phenoxy) is 1. The summed E-state index contributed by atoms with van der Waals surface area (Å²) in [7, 11) is 1.33. The van der Waals surface area contributed by atoms with Gasteiger partial charge in [-0.1, -0.05) is 0 Å². The normalized spacial score (nSPS) is 17.9. The molecule has 1 aromatic rings. The maximum Gasteiger partial charge on any atom is 0.327 e. The summed E-state index contributed by atoms with van der Waals surface area (Å²) in [5.41, 5.74) is 0. The van der Waals surface area contributed by atoms with Gasteiger partial charge in [-0.05, 0) is 31.8 Å².